The number of hydrogen-bond acceptors (Lipinski definition) is 3. The molecule has 0 saturated carbocycles. The number of aryl methyl sites for hydroxylation is 1. The third-order valence-electron chi connectivity index (χ3n) is 2.50. The Morgan fingerprint density at radius 2 is 2.05 bits per heavy atom. The zero-order valence-corrected chi connectivity index (χ0v) is 9.72. The van der Waals surface area contributed by atoms with Crippen molar-refractivity contribution in [2.24, 2.45) is 7.05 Å². The van der Waals surface area contributed by atoms with Crippen molar-refractivity contribution in [1.82, 2.24) is 9.55 Å². The molecule has 0 fully saturated rings. The molecule has 0 aliphatic heterocycles. The molecular formula is C12H8F2N2O3. The maximum absolute atomic E-state index is 13.6. The van der Waals surface area contributed by atoms with Crippen LogP contribution in [0.4, 0.5) is 8.78 Å². The predicted molar refractivity (Wildman–Crippen MR) is 61.8 cm³/mol. The van der Waals surface area contributed by atoms with Gasteiger partial charge in [-0.3, -0.25) is 0 Å². The summed E-state index contributed by atoms with van der Waals surface area (Å²) in [6.45, 7) is 0. The van der Waals surface area contributed by atoms with Gasteiger partial charge in [0.2, 0.25) is 0 Å². The maximum atomic E-state index is 13.6. The van der Waals surface area contributed by atoms with E-state index in [-0.39, 0.29) is 11.1 Å². The minimum absolute atomic E-state index is 0.366. The summed E-state index contributed by atoms with van der Waals surface area (Å²) < 4.78 is 27.7. The number of aromatic carboxylic acids is 1. The molecule has 0 aliphatic carbocycles. The Morgan fingerprint density at radius 3 is 2.68 bits per heavy atom. The Morgan fingerprint density at radius 1 is 1.37 bits per heavy atom. The maximum Gasteiger partial charge on any atom is 0.347 e. The van der Waals surface area contributed by atoms with E-state index in [1.54, 1.807) is 0 Å². The van der Waals surface area contributed by atoms with E-state index in [1.165, 1.54) is 7.05 Å². The molecule has 0 aliphatic rings. The quantitative estimate of drug-likeness (QED) is 0.892. The van der Waals surface area contributed by atoms with E-state index in [2.05, 4.69) is 4.98 Å². The van der Waals surface area contributed by atoms with Crippen LogP contribution in [0.2, 0.25) is 0 Å². The molecule has 2 aromatic rings. The molecule has 0 bridgehead atoms. The van der Waals surface area contributed by atoms with Gasteiger partial charge in [0.15, 0.2) is 0 Å². The second kappa shape index (κ2) is 4.60. The third-order valence-corrected chi connectivity index (χ3v) is 2.50. The highest BCUT2D eigenvalue weighted by molar-refractivity contribution is 5.94. The number of benzene rings is 1. The lowest BCUT2D eigenvalue weighted by atomic mass is 10.1. The van der Waals surface area contributed by atoms with Gasteiger partial charge in [-0.1, -0.05) is 0 Å². The van der Waals surface area contributed by atoms with E-state index in [1.807, 2.05) is 0 Å². The van der Waals surface area contributed by atoms with Crippen molar-refractivity contribution in [3.05, 3.63) is 52.1 Å². The van der Waals surface area contributed by atoms with E-state index in [9.17, 15) is 18.4 Å². The Bertz CT molecular complexity index is 725. The standard InChI is InChI=1S/C12H8F2N2O3/c1-16-5-8(11(17)18)10(15-12(16)19)7-4-6(13)2-3-9(7)14/h2-5H,1H3,(H,17,18). The smallest absolute Gasteiger partial charge is 0.347 e. The number of carbonyl (C=O) groups is 1. The summed E-state index contributed by atoms with van der Waals surface area (Å²) in [7, 11) is 1.31. The van der Waals surface area contributed by atoms with Gasteiger partial charge in [-0.25, -0.2) is 18.4 Å². The van der Waals surface area contributed by atoms with Crippen LogP contribution < -0.4 is 5.69 Å². The molecule has 0 unspecified atom stereocenters. The van der Waals surface area contributed by atoms with Gasteiger partial charge in [0.05, 0.1) is 5.69 Å². The Hall–Kier alpha value is -2.57. The Kier molecular flexibility index (Phi) is 3.12. The van der Waals surface area contributed by atoms with Crippen molar-refractivity contribution in [1.29, 1.82) is 0 Å². The monoisotopic (exact) mass is 266 g/mol. The summed E-state index contributed by atoms with van der Waals surface area (Å²) in [5.74, 6) is -3.00. The van der Waals surface area contributed by atoms with E-state index in [4.69, 9.17) is 5.11 Å². The van der Waals surface area contributed by atoms with Crippen LogP contribution in [0.25, 0.3) is 11.3 Å². The topological polar surface area (TPSA) is 72.2 Å². The summed E-state index contributed by atoms with van der Waals surface area (Å²) in [5, 5.41) is 9.03. The zero-order chi connectivity index (χ0) is 14.2. The predicted octanol–water partition coefficient (Wildman–Crippen LogP) is 1.42. The van der Waals surface area contributed by atoms with E-state index in [0.717, 1.165) is 29.0 Å². The van der Waals surface area contributed by atoms with Crippen molar-refractivity contribution >= 4 is 5.97 Å². The minimum atomic E-state index is -1.39. The molecule has 5 nitrogen and oxygen atoms in total. The fourth-order valence-corrected chi connectivity index (χ4v) is 1.59. The minimum Gasteiger partial charge on any atom is -0.478 e. The molecule has 0 atom stereocenters. The van der Waals surface area contributed by atoms with Crippen LogP contribution in [-0.4, -0.2) is 20.6 Å². The molecule has 1 N–H and O–H groups in total. The molecule has 2 rings (SSSR count). The highest BCUT2D eigenvalue weighted by Gasteiger charge is 2.18. The van der Waals surface area contributed by atoms with E-state index < -0.39 is 29.0 Å². The number of aromatic nitrogens is 2. The van der Waals surface area contributed by atoms with Crippen LogP contribution in [0.1, 0.15) is 10.4 Å². The van der Waals surface area contributed by atoms with Gasteiger partial charge in [-0.2, -0.15) is 4.98 Å². The molecule has 1 aromatic carbocycles. The van der Waals surface area contributed by atoms with Crippen molar-refractivity contribution in [2.75, 3.05) is 0 Å². The van der Waals surface area contributed by atoms with Crippen LogP contribution in [0.3, 0.4) is 0 Å². The van der Waals surface area contributed by atoms with Gasteiger partial charge < -0.3 is 9.67 Å². The second-order valence-corrected chi connectivity index (χ2v) is 3.83. The average molecular weight is 266 g/mol. The molecule has 98 valence electrons. The molecule has 0 radical (unpaired) electrons. The molecule has 1 heterocycles. The number of hydrogen-bond donors (Lipinski definition) is 1. The van der Waals surface area contributed by atoms with Gasteiger partial charge in [0, 0.05) is 18.8 Å². The lowest BCUT2D eigenvalue weighted by Crippen LogP contribution is -2.23. The molecule has 7 heteroatoms. The van der Waals surface area contributed by atoms with Gasteiger partial charge in [0.25, 0.3) is 0 Å². The van der Waals surface area contributed by atoms with Crippen molar-refractivity contribution in [3.63, 3.8) is 0 Å². The van der Waals surface area contributed by atoms with Crippen LogP contribution in [0.15, 0.2) is 29.2 Å². The largest absolute Gasteiger partial charge is 0.478 e. The lowest BCUT2D eigenvalue weighted by Gasteiger charge is -2.07. The molecule has 0 saturated heterocycles. The number of carboxylic acid groups (broad SMARTS) is 1. The summed E-state index contributed by atoms with van der Waals surface area (Å²) >= 11 is 0. The van der Waals surface area contributed by atoms with Gasteiger partial charge >= 0.3 is 11.7 Å². The van der Waals surface area contributed by atoms with Crippen molar-refractivity contribution in [2.45, 2.75) is 0 Å². The molecule has 0 spiro atoms. The second-order valence-electron chi connectivity index (χ2n) is 3.83. The van der Waals surface area contributed by atoms with E-state index in [0.29, 0.717) is 0 Å². The fraction of sp³-hybridized carbons (Fsp3) is 0.0833. The number of nitrogens with zero attached hydrogens (tertiary/aromatic N) is 2. The SMILES string of the molecule is Cn1cc(C(=O)O)c(-c2cc(F)ccc2F)nc1=O. The first-order valence-electron chi connectivity index (χ1n) is 5.16. The van der Waals surface area contributed by atoms with Crippen molar-refractivity contribution < 1.29 is 18.7 Å². The van der Waals surface area contributed by atoms with Gasteiger partial charge in [0.1, 0.15) is 17.2 Å². The zero-order valence-electron chi connectivity index (χ0n) is 9.72. The Balaban J connectivity index is 2.81. The first-order valence-corrected chi connectivity index (χ1v) is 5.16. The van der Waals surface area contributed by atoms with Gasteiger partial charge in [-0.05, 0) is 18.2 Å². The van der Waals surface area contributed by atoms with Crippen LogP contribution in [-0.2, 0) is 7.05 Å². The molecular weight excluding hydrogens is 258 g/mol. The summed E-state index contributed by atoms with van der Waals surface area (Å²) in [5.41, 5.74) is -1.90. The lowest BCUT2D eigenvalue weighted by molar-refractivity contribution is 0.0696. The molecule has 1 aromatic heterocycles. The highest BCUT2D eigenvalue weighted by Crippen LogP contribution is 2.24. The molecule has 19 heavy (non-hydrogen) atoms. The number of rotatable bonds is 2. The fourth-order valence-electron chi connectivity index (χ4n) is 1.59. The first kappa shape index (κ1) is 12.9. The first-order chi connectivity index (χ1) is 8.90. The summed E-state index contributed by atoms with van der Waals surface area (Å²) in [6, 6.07) is 2.53. The van der Waals surface area contributed by atoms with Crippen molar-refractivity contribution in [3.8, 4) is 11.3 Å². The summed E-state index contributed by atoms with van der Waals surface area (Å²) in [6.07, 6.45) is 1.01. The number of carboxylic acids is 1. The van der Waals surface area contributed by atoms with Crippen LogP contribution in [0.5, 0.6) is 0 Å². The third kappa shape index (κ3) is 2.35. The molecule has 0 amide bonds. The van der Waals surface area contributed by atoms with E-state index >= 15 is 0 Å². The van der Waals surface area contributed by atoms with Crippen LogP contribution in [0, 0.1) is 11.6 Å². The Labute approximate surface area is 105 Å². The normalized spacial score (nSPS) is 10.5. The average Bonchev–Trinajstić information content (AvgIpc) is 2.35. The highest BCUT2D eigenvalue weighted by atomic mass is 19.1. The number of halogens is 2. The van der Waals surface area contributed by atoms with Crippen LogP contribution >= 0.6 is 0 Å². The summed E-state index contributed by atoms with van der Waals surface area (Å²) in [4.78, 5) is 26.0. The van der Waals surface area contributed by atoms with Gasteiger partial charge in [-0.15, -0.1) is 0 Å².